The van der Waals surface area contributed by atoms with Crippen molar-refractivity contribution in [1.82, 2.24) is 19.9 Å². The summed E-state index contributed by atoms with van der Waals surface area (Å²) in [6.45, 7) is 7.91. The highest BCUT2D eigenvalue weighted by molar-refractivity contribution is 6.06. The molecule has 0 aliphatic rings. The number of unbranched alkanes of at least 4 members (excludes halogenated alkanes) is 1. The molecule has 1 aromatic carbocycles. The minimum absolute atomic E-state index is 0.0378. The standard InChI is InChI=1S/C28H42N7O6/c1-2-37-21-24-34-26-27(22-7-3-4-8-23(22)33-28(26)29)35(24)12-6-5-10-31-25(36)9-13-38-15-17-40-19-20-41-18-16-39-14-11-32-30/h3-4,7-8H,2,5-6,9-21H2,1H3,(H2,29,33)(H,31,36)/q-1. The molecule has 0 spiro atoms. The molecule has 226 valence electrons. The fourth-order valence-electron chi connectivity index (χ4n) is 4.19. The lowest BCUT2D eigenvalue weighted by atomic mass is 10.2. The van der Waals surface area contributed by atoms with E-state index in [-0.39, 0.29) is 12.5 Å². The number of carbonyl (C=O) groups is 1. The zero-order chi connectivity index (χ0) is 29.1. The number of benzene rings is 1. The molecule has 2 aromatic heterocycles. The van der Waals surface area contributed by atoms with Crippen LogP contribution in [0, 0.1) is 0 Å². The monoisotopic (exact) mass is 572 g/mol. The molecule has 13 heteroatoms. The van der Waals surface area contributed by atoms with Gasteiger partial charge in [-0.2, -0.15) is 0 Å². The van der Waals surface area contributed by atoms with Crippen LogP contribution in [0.5, 0.6) is 0 Å². The van der Waals surface area contributed by atoms with Crippen molar-refractivity contribution < 1.29 is 28.5 Å². The predicted molar refractivity (Wildman–Crippen MR) is 156 cm³/mol. The van der Waals surface area contributed by atoms with Gasteiger partial charge in [-0.25, -0.2) is 9.97 Å². The minimum atomic E-state index is -0.0378. The Hall–Kier alpha value is -3.23. The number of anilines is 1. The van der Waals surface area contributed by atoms with E-state index < -0.39 is 0 Å². The Morgan fingerprint density at radius 3 is 2.34 bits per heavy atom. The topological polar surface area (TPSA) is 167 Å². The van der Waals surface area contributed by atoms with Crippen LogP contribution in [-0.4, -0.2) is 93.0 Å². The molecule has 13 nitrogen and oxygen atoms in total. The molecule has 0 saturated heterocycles. The number of nitrogens with two attached hydrogens (primary N) is 1. The molecule has 3 rings (SSSR count). The number of hydrogen-bond acceptors (Lipinski definition) is 10. The van der Waals surface area contributed by atoms with Gasteiger partial charge < -0.3 is 49.9 Å². The highest BCUT2D eigenvalue weighted by atomic mass is 16.6. The van der Waals surface area contributed by atoms with Crippen LogP contribution < -0.4 is 11.1 Å². The number of nitrogens with one attached hydrogen (secondary N) is 1. The summed E-state index contributed by atoms with van der Waals surface area (Å²) in [7, 11) is 0. The first-order chi connectivity index (χ1) is 20.2. The fourth-order valence-corrected chi connectivity index (χ4v) is 4.19. The van der Waals surface area contributed by atoms with Crippen LogP contribution in [0.2, 0.25) is 0 Å². The summed E-state index contributed by atoms with van der Waals surface area (Å²) in [6, 6.07) is 7.92. The Labute approximate surface area is 240 Å². The van der Waals surface area contributed by atoms with Crippen LogP contribution in [0.25, 0.3) is 27.5 Å². The van der Waals surface area contributed by atoms with Crippen molar-refractivity contribution in [3.05, 3.63) is 35.6 Å². The van der Waals surface area contributed by atoms with Crippen molar-refractivity contribution >= 4 is 33.7 Å². The first-order valence-corrected chi connectivity index (χ1v) is 14.1. The Kier molecular flexibility index (Phi) is 15.0. The maximum absolute atomic E-state index is 12.2. The summed E-state index contributed by atoms with van der Waals surface area (Å²) < 4.78 is 29.3. The number of rotatable bonds is 23. The van der Waals surface area contributed by atoms with Crippen molar-refractivity contribution in [2.24, 2.45) is 5.11 Å². The largest absolute Gasteiger partial charge is 0.712 e. The molecule has 0 atom stereocenters. The molecule has 41 heavy (non-hydrogen) atoms. The highest BCUT2D eigenvalue weighted by Crippen LogP contribution is 2.29. The van der Waals surface area contributed by atoms with E-state index in [1.165, 1.54) is 0 Å². The second-order valence-electron chi connectivity index (χ2n) is 9.15. The lowest BCUT2D eigenvalue weighted by Crippen LogP contribution is -2.26. The summed E-state index contributed by atoms with van der Waals surface area (Å²) >= 11 is 0. The summed E-state index contributed by atoms with van der Waals surface area (Å²) in [5.41, 5.74) is 17.0. The molecule has 3 N–H and O–H groups in total. The number of carbonyl (C=O) groups excluding carboxylic acids is 1. The first-order valence-electron chi connectivity index (χ1n) is 14.1. The maximum atomic E-state index is 12.2. The molecule has 1 amide bonds. The van der Waals surface area contributed by atoms with Crippen molar-refractivity contribution in [3.8, 4) is 0 Å². The number of para-hydroxylation sites is 1. The normalized spacial score (nSPS) is 11.4. The Balaban J connectivity index is 1.29. The number of aryl methyl sites for hydroxylation is 1. The number of pyridine rings is 1. The lowest BCUT2D eigenvalue weighted by Gasteiger charge is -2.11. The van der Waals surface area contributed by atoms with Crippen molar-refractivity contribution in [2.45, 2.75) is 39.3 Å². The number of nitrogens with zero attached hydrogens (tertiary/aromatic N) is 5. The van der Waals surface area contributed by atoms with Gasteiger partial charge in [0.25, 0.3) is 0 Å². The van der Waals surface area contributed by atoms with Crippen LogP contribution >= 0.6 is 0 Å². The van der Waals surface area contributed by atoms with E-state index in [4.69, 9.17) is 39.9 Å². The van der Waals surface area contributed by atoms with Crippen LogP contribution in [-0.2, 0) is 41.6 Å². The minimum Gasteiger partial charge on any atom is -0.712 e. The fraction of sp³-hybridized carbons (Fsp3) is 0.607. The van der Waals surface area contributed by atoms with Gasteiger partial charge >= 0.3 is 0 Å². The maximum Gasteiger partial charge on any atom is 0.222 e. The van der Waals surface area contributed by atoms with Crippen molar-refractivity contribution in [3.63, 3.8) is 0 Å². The molecular formula is C28H42N7O6-. The third-order valence-corrected chi connectivity index (χ3v) is 6.18. The van der Waals surface area contributed by atoms with Gasteiger partial charge in [0, 0.05) is 38.0 Å². The summed E-state index contributed by atoms with van der Waals surface area (Å²) in [5, 5.41) is 6.93. The van der Waals surface area contributed by atoms with Gasteiger partial charge in [0.2, 0.25) is 5.91 Å². The highest BCUT2D eigenvalue weighted by Gasteiger charge is 2.17. The molecule has 0 saturated carbocycles. The van der Waals surface area contributed by atoms with Crippen LogP contribution in [0.4, 0.5) is 5.82 Å². The first kappa shape index (κ1) is 32.3. The summed E-state index contributed by atoms with van der Waals surface area (Å²) in [6.07, 6.45) is 1.97. The SMILES string of the molecule is CCOCc1nc2c(N)nc3ccccc3c2n1CCCCNC(=O)CCOCCOCCOCCOCCN=[N-]. The molecular weight excluding hydrogens is 530 g/mol. The number of imidazole rings is 1. The van der Waals surface area contributed by atoms with E-state index in [1.807, 2.05) is 31.2 Å². The number of ether oxygens (including phenoxy) is 5. The molecule has 0 fully saturated rings. The molecule has 0 aliphatic carbocycles. The quantitative estimate of drug-likeness (QED) is 0.128. The number of nitrogen functional groups attached to an aromatic ring is 1. The van der Waals surface area contributed by atoms with E-state index in [0.717, 1.165) is 41.6 Å². The lowest BCUT2D eigenvalue weighted by molar-refractivity contribution is -0.122. The third kappa shape index (κ3) is 10.9. The zero-order valence-corrected chi connectivity index (χ0v) is 23.9. The van der Waals surface area contributed by atoms with E-state index in [0.29, 0.717) is 90.4 Å². The van der Waals surface area contributed by atoms with Crippen LogP contribution in [0.3, 0.4) is 0 Å². The van der Waals surface area contributed by atoms with Gasteiger partial charge in [0.1, 0.15) is 17.9 Å². The average molecular weight is 573 g/mol. The second-order valence-corrected chi connectivity index (χ2v) is 9.15. The molecule has 3 aromatic rings. The number of hydrogen-bond donors (Lipinski definition) is 2. The number of amides is 1. The smallest absolute Gasteiger partial charge is 0.222 e. The molecule has 0 bridgehead atoms. The zero-order valence-electron chi connectivity index (χ0n) is 23.9. The van der Waals surface area contributed by atoms with E-state index >= 15 is 0 Å². The summed E-state index contributed by atoms with van der Waals surface area (Å²) in [4.78, 5) is 21.4. The van der Waals surface area contributed by atoms with Crippen LogP contribution in [0.15, 0.2) is 29.4 Å². The Bertz CT molecular complexity index is 1210. The number of aromatic nitrogens is 3. The second kappa shape index (κ2) is 19.0. The van der Waals surface area contributed by atoms with Gasteiger partial charge in [-0.05, 0) is 25.8 Å². The van der Waals surface area contributed by atoms with Gasteiger partial charge in [-0.1, -0.05) is 18.2 Å². The Morgan fingerprint density at radius 2 is 1.63 bits per heavy atom. The molecule has 0 aliphatic heterocycles. The number of fused-ring (bicyclic) bond motifs is 3. The van der Waals surface area contributed by atoms with E-state index in [1.54, 1.807) is 0 Å². The van der Waals surface area contributed by atoms with Gasteiger partial charge in [-0.3, -0.25) is 4.79 Å². The predicted octanol–water partition coefficient (Wildman–Crippen LogP) is 3.08. The van der Waals surface area contributed by atoms with Crippen LogP contribution in [0.1, 0.15) is 32.0 Å². The Morgan fingerprint density at radius 1 is 0.951 bits per heavy atom. The van der Waals surface area contributed by atoms with Crippen molar-refractivity contribution in [2.75, 3.05) is 78.3 Å². The van der Waals surface area contributed by atoms with E-state index in [2.05, 4.69) is 20.0 Å². The molecule has 2 heterocycles. The molecule has 0 radical (unpaired) electrons. The summed E-state index contributed by atoms with van der Waals surface area (Å²) in [5.74, 6) is 1.20. The third-order valence-electron chi connectivity index (χ3n) is 6.18. The average Bonchev–Trinajstić information content (AvgIpc) is 3.35. The van der Waals surface area contributed by atoms with Gasteiger partial charge in [0.15, 0.2) is 5.82 Å². The van der Waals surface area contributed by atoms with E-state index in [9.17, 15) is 4.79 Å². The van der Waals surface area contributed by atoms with Gasteiger partial charge in [0.05, 0.1) is 63.9 Å². The van der Waals surface area contributed by atoms with Crippen molar-refractivity contribution in [1.29, 1.82) is 0 Å². The van der Waals surface area contributed by atoms with Gasteiger partial charge in [-0.15, -0.1) is 0 Å². The molecule has 0 unspecified atom stereocenters.